The van der Waals surface area contributed by atoms with Gasteiger partial charge in [-0.1, -0.05) is 59.9 Å². The summed E-state index contributed by atoms with van der Waals surface area (Å²) >= 11 is 4.96. The third-order valence-electron chi connectivity index (χ3n) is 4.13. The number of hydrogen-bond acceptors (Lipinski definition) is 0. The van der Waals surface area contributed by atoms with Crippen LogP contribution in [0.1, 0.15) is 36.1 Å². The number of aryl methyl sites for hydroxylation is 1. The zero-order valence-electron chi connectivity index (χ0n) is 12.3. The zero-order valence-corrected chi connectivity index (χ0v) is 16.6. The molecule has 0 saturated carbocycles. The SMILES string of the molecule is C/C=C\c1c2c(c3ccc(I)cc3c1CC)C=CC(I)C2. The Kier molecular flexibility index (Phi) is 4.74. The van der Waals surface area contributed by atoms with Crippen LogP contribution in [0.25, 0.3) is 22.9 Å². The quantitative estimate of drug-likeness (QED) is 0.330. The van der Waals surface area contributed by atoms with E-state index >= 15 is 0 Å². The Morgan fingerprint density at radius 2 is 2.10 bits per heavy atom. The predicted molar refractivity (Wildman–Crippen MR) is 111 cm³/mol. The van der Waals surface area contributed by atoms with E-state index < -0.39 is 0 Å². The second kappa shape index (κ2) is 6.41. The van der Waals surface area contributed by atoms with Crippen molar-refractivity contribution in [3.63, 3.8) is 0 Å². The van der Waals surface area contributed by atoms with Crippen LogP contribution >= 0.6 is 45.2 Å². The van der Waals surface area contributed by atoms with Crippen molar-refractivity contribution in [1.29, 1.82) is 0 Å². The molecule has 0 saturated heterocycles. The molecule has 2 aromatic carbocycles. The molecule has 0 bridgehead atoms. The average Bonchev–Trinajstić information content (AvgIpc) is 2.47. The van der Waals surface area contributed by atoms with Crippen molar-refractivity contribution in [1.82, 2.24) is 0 Å². The summed E-state index contributed by atoms with van der Waals surface area (Å²) in [6.45, 7) is 4.39. The molecule has 0 fully saturated rings. The molecular formula is C19H18I2. The molecule has 0 radical (unpaired) electrons. The van der Waals surface area contributed by atoms with Crippen molar-refractivity contribution in [3.8, 4) is 0 Å². The Morgan fingerprint density at radius 1 is 1.29 bits per heavy atom. The van der Waals surface area contributed by atoms with Crippen LogP contribution in [0.15, 0.2) is 30.4 Å². The van der Waals surface area contributed by atoms with Crippen LogP contribution in [0.3, 0.4) is 0 Å². The van der Waals surface area contributed by atoms with Gasteiger partial charge in [-0.15, -0.1) is 0 Å². The van der Waals surface area contributed by atoms with Gasteiger partial charge in [0.2, 0.25) is 0 Å². The molecule has 21 heavy (non-hydrogen) atoms. The summed E-state index contributed by atoms with van der Waals surface area (Å²) in [5.74, 6) is 0. The molecule has 108 valence electrons. The second-order valence-electron chi connectivity index (χ2n) is 5.41. The van der Waals surface area contributed by atoms with E-state index in [2.05, 4.69) is 102 Å². The van der Waals surface area contributed by atoms with Crippen LogP contribution < -0.4 is 0 Å². The first-order valence-corrected chi connectivity index (χ1v) is 9.70. The summed E-state index contributed by atoms with van der Waals surface area (Å²) in [6.07, 6.45) is 11.4. The molecule has 0 aliphatic heterocycles. The number of allylic oxidation sites excluding steroid dienone is 2. The van der Waals surface area contributed by atoms with Gasteiger partial charge in [0.15, 0.2) is 0 Å². The average molecular weight is 500 g/mol. The van der Waals surface area contributed by atoms with E-state index in [-0.39, 0.29) is 0 Å². The van der Waals surface area contributed by atoms with Crippen molar-refractivity contribution in [2.75, 3.05) is 0 Å². The van der Waals surface area contributed by atoms with Gasteiger partial charge in [0, 0.05) is 7.49 Å². The highest BCUT2D eigenvalue weighted by atomic mass is 127. The second-order valence-corrected chi connectivity index (χ2v) is 8.25. The molecule has 0 aromatic heterocycles. The van der Waals surface area contributed by atoms with Gasteiger partial charge in [-0.05, 0) is 87.5 Å². The van der Waals surface area contributed by atoms with Crippen molar-refractivity contribution in [3.05, 3.63) is 56.2 Å². The Balaban J connectivity index is 2.46. The van der Waals surface area contributed by atoms with Gasteiger partial charge >= 0.3 is 0 Å². The van der Waals surface area contributed by atoms with E-state index in [1.807, 2.05) is 0 Å². The first kappa shape index (κ1) is 15.5. The minimum absolute atomic E-state index is 0.602. The first-order valence-electron chi connectivity index (χ1n) is 7.37. The lowest BCUT2D eigenvalue weighted by molar-refractivity contribution is 1.02. The molecule has 1 atom stereocenters. The van der Waals surface area contributed by atoms with E-state index in [1.165, 1.54) is 36.6 Å². The number of rotatable bonds is 2. The van der Waals surface area contributed by atoms with E-state index in [9.17, 15) is 0 Å². The van der Waals surface area contributed by atoms with Crippen LogP contribution in [0.2, 0.25) is 0 Å². The molecular weight excluding hydrogens is 482 g/mol. The largest absolute Gasteiger partial charge is 0.0870 e. The highest BCUT2D eigenvalue weighted by Crippen LogP contribution is 2.37. The van der Waals surface area contributed by atoms with E-state index in [0.717, 1.165) is 12.8 Å². The fourth-order valence-electron chi connectivity index (χ4n) is 3.26. The van der Waals surface area contributed by atoms with Gasteiger partial charge in [0.25, 0.3) is 0 Å². The first-order chi connectivity index (χ1) is 10.2. The van der Waals surface area contributed by atoms with Crippen molar-refractivity contribution < 1.29 is 0 Å². The number of hydrogen-bond donors (Lipinski definition) is 0. The van der Waals surface area contributed by atoms with Gasteiger partial charge in [0.1, 0.15) is 0 Å². The number of alkyl halides is 1. The third-order valence-corrected chi connectivity index (χ3v) is 5.66. The third kappa shape index (κ3) is 2.81. The fraction of sp³-hybridized carbons (Fsp3) is 0.263. The number of halogens is 2. The molecule has 0 amide bonds. The minimum atomic E-state index is 0.602. The van der Waals surface area contributed by atoms with E-state index in [1.54, 1.807) is 0 Å². The monoisotopic (exact) mass is 500 g/mol. The summed E-state index contributed by atoms with van der Waals surface area (Å²) in [5, 5.41) is 2.84. The van der Waals surface area contributed by atoms with Crippen molar-refractivity contribution in [2.45, 2.75) is 30.6 Å². The van der Waals surface area contributed by atoms with Crippen LogP contribution in [0.4, 0.5) is 0 Å². The molecule has 2 heteroatoms. The van der Waals surface area contributed by atoms with Gasteiger partial charge < -0.3 is 0 Å². The highest BCUT2D eigenvalue weighted by Gasteiger charge is 2.20. The van der Waals surface area contributed by atoms with Crippen molar-refractivity contribution >= 4 is 68.1 Å². The standard InChI is InChI=1S/C19H18I2/c1-3-5-15-14(4-2)18-10-12(20)6-8-16(18)17-9-7-13(21)11-19(15)17/h3,5-10,13H,4,11H2,1-2H3/b5-3-. The molecule has 1 aliphatic carbocycles. The molecule has 0 N–H and O–H groups in total. The summed E-state index contributed by atoms with van der Waals surface area (Å²) in [6, 6.07) is 6.86. The molecule has 0 heterocycles. The summed E-state index contributed by atoms with van der Waals surface area (Å²) in [7, 11) is 0. The van der Waals surface area contributed by atoms with Gasteiger partial charge in [0.05, 0.1) is 0 Å². The van der Waals surface area contributed by atoms with Crippen molar-refractivity contribution in [2.24, 2.45) is 0 Å². The van der Waals surface area contributed by atoms with Gasteiger partial charge in [-0.25, -0.2) is 0 Å². The Morgan fingerprint density at radius 3 is 2.81 bits per heavy atom. The maximum absolute atomic E-state index is 2.54. The maximum Gasteiger partial charge on any atom is 0.0333 e. The lowest BCUT2D eigenvalue weighted by Crippen LogP contribution is -2.10. The molecule has 0 nitrogen and oxygen atoms in total. The van der Waals surface area contributed by atoms with E-state index in [4.69, 9.17) is 0 Å². The number of fused-ring (bicyclic) bond motifs is 3. The van der Waals surface area contributed by atoms with Gasteiger partial charge in [-0.3, -0.25) is 0 Å². The minimum Gasteiger partial charge on any atom is -0.0870 e. The molecule has 1 unspecified atom stereocenters. The Labute approximate surface area is 154 Å². The predicted octanol–water partition coefficient (Wildman–Crippen LogP) is 6.41. The van der Waals surface area contributed by atoms with Crippen LogP contribution in [0.5, 0.6) is 0 Å². The van der Waals surface area contributed by atoms with E-state index in [0.29, 0.717) is 3.92 Å². The lowest BCUT2D eigenvalue weighted by Gasteiger charge is -2.23. The normalized spacial score (nSPS) is 17.6. The number of benzene rings is 2. The molecule has 0 spiro atoms. The van der Waals surface area contributed by atoms with Gasteiger partial charge in [-0.2, -0.15) is 0 Å². The highest BCUT2D eigenvalue weighted by molar-refractivity contribution is 14.1. The van der Waals surface area contributed by atoms with Crippen LogP contribution in [-0.4, -0.2) is 3.92 Å². The zero-order chi connectivity index (χ0) is 15.0. The smallest absolute Gasteiger partial charge is 0.0333 e. The summed E-state index contributed by atoms with van der Waals surface area (Å²) < 4.78 is 1.91. The lowest BCUT2D eigenvalue weighted by atomic mass is 9.83. The summed E-state index contributed by atoms with van der Waals surface area (Å²) in [5.41, 5.74) is 5.91. The summed E-state index contributed by atoms with van der Waals surface area (Å²) in [4.78, 5) is 0. The Bertz CT molecular complexity index is 754. The Hall–Kier alpha value is -0.360. The molecule has 3 rings (SSSR count). The fourth-order valence-corrected chi connectivity index (χ4v) is 4.40. The maximum atomic E-state index is 2.54. The van der Waals surface area contributed by atoms with Crippen LogP contribution in [-0.2, 0) is 12.8 Å². The van der Waals surface area contributed by atoms with Crippen LogP contribution in [0, 0.1) is 3.57 Å². The molecule has 1 aliphatic rings. The topological polar surface area (TPSA) is 0 Å². The molecule has 2 aromatic rings.